The fourth-order valence-corrected chi connectivity index (χ4v) is 2.21. The molecule has 2 aromatic heterocycles. The van der Waals surface area contributed by atoms with Crippen molar-refractivity contribution in [2.45, 2.75) is 6.18 Å². The van der Waals surface area contributed by atoms with E-state index in [0.717, 1.165) is 4.52 Å². The van der Waals surface area contributed by atoms with E-state index in [4.69, 9.17) is 0 Å². The molecule has 0 spiro atoms. The molecule has 2 heterocycles. The lowest BCUT2D eigenvalue weighted by Crippen LogP contribution is -2.05. The van der Waals surface area contributed by atoms with Gasteiger partial charge in [-0.1, -0.05) is 41.7 Å². The molecule has 0 aliphatic rings. The van der Waals surface area contributed by atoms with Crippen LogP contribution >= 0.6 is 11.3 Å². The minimum atomic E-state index is -4.46. The molecule has 1 aromatic carbocycles. The summed E-state index contributed by atoms with van der Waals surface area (Å²) in [5.41, 5.74) is 0.670. The summed E-state index contributed by atoms with van der Waals surface area (Å²) in [4.78, 5) is 0.126. The van der Waals surface area contributed by atoms with Crippen molar-refractivity contribution < 1.29 is 13.2 Å². The first-order chi connectivity index (χ1) is 8.55. The molecule has 0 atom stereocenters. The quantitative estimate of drug-likeness (QED) is 0.683. The monoisotopic (exact) mass is 270 g/mol. The Labute approximate surface area is 103 Å². The van der Waals surface area contributed by atoms with Crippen molar-refractivity contribution in [3.63, 3.8) is 0 Å². The maximum absolute atomic E-state index is 12.5. The zero-order valence-electron chi connectivity index (χ0n) is 8.72. The maximum Gasteiger partial charge on any atom is 0.445 e. The number of nitrogens with zero attached hydrogens (tertiary/aromatic N) is 4. The van der Waals surface area contributed by atoms with E-state index in [1.165, 1.54) is 0 Å². The largest absolute Gasteiger partial charge is 0.445 e. The van der Waals surface area contributed by atoms with Gasteiger partial charge < -0.3 is 0 Å². The van der Waals surface area contributed by atoms with Crippen LogP contribution in [-0.4, -0.2) is 19.8 Å². The Morgan fingerprint density at radius 1 is 1.06 bits per heavy atom. The van der Waals surface area contributed by atoms with Gasteiger partial charge in [0.2, 0.25) is 9.97 Å². The van der Waals surface area contributed by atoms with Crippen LogP contribution in [0.4, 0.5) is 13.2 Å². The molecule has 0 amide bonds. The molecule has 0 aliphatic heterocycles. The molecule has 0 bridgehead atoms. The number of fused-ring (bicyclic) bond motifs is 1. The summed E-state index contributed by atoms with van der Waals surface area (Å²) in [6.45, 7) is 0. The Bertz CT molecular complexity index is 686. The van der Waals surface area contributed by atoms with Crippen molar-refractivity contribution in [3.8, 4) is 11.4 Å². The van der Waals surface area contributed by atoms with Crippen LogP contribution in [0.5, 0.6) is 0 Å². The van der Waals surface area contributed by atoms with Crippen molar-refractivity contribution in [3.05, 3.63) is 35.3 Å². The lowest BCUT2D eigenvalue weighted by atomic mass is 10.2. The molecule has 0 fully saturated rings. The summed E-state index contributed by atoms with van der Waals surface area (Å²) in [6, 6.07) is 8.83. The molecule has 0 unspecified atom stereocenters. The maximum atomic E-state index is 12.5. The molecular formula is C10H5F3N4S. The SMILES string of the molecule is FC(F)(F)c1nn2c(-c3ccccc3)nnc2s1. The van der Waals surface area contributed by atoms with Gasteiger partial charge in [0.25, 0.3) is 0 Å². The second kappa shape index (κ2) is 3.77. The van der Waals surface area contributed by atoms with Gasteiger partial charge in [0, 0.05) is 5.56 Å². The highest BCUT2D eigenvalue weighted by molar-refractivity contribution is 7.16. The highest BCUT2D eigenvalue weighted by atomic mass is 32.1. The number of alkyl halides is 3. The van der Waals surface area contributed by atoms with Crippen molar-refractivity contribution in [2.75, 3.05) is 0 Å². The Hall–Kier alpha value is -1.96. The molecule has 0 saturated carbocycles. The van der Waals surface area contributed by atoms with Crippen LogP contribution in [0.1, 0.15) is 5.01 Å². The molecule has 18 heavy (non-hydrogen) atoms. The molecule has 4 nitrogen and oxygen atoms in total. The summed E-state index contributed by atoms with van der Waals surface area (Å²) >= 11 is 0.473. The van der Waals surface area contributed by atoms with Gasteiger partial charge in [-0.3, -0.25) is 0 Å². The first-order valence-corrected chi connectivity index (χ1v) is 5.72. The first-order valence-electron chi connectivity index (χ1n) is 4.90. The molecule has 8 heteroatoms. The van der Waals surface area contributed by atoms with E-state index in [2.05, 4.69) is 15.3 Å². The van der Waals surface area contributed by atoms with E-state index in [-0.39, 0.29) is 4.96 Å². The van der Waals surface area contributed by atoms with Gasteiger partial charge in [-0.25, -0.2) is 0 Å². The zero-order chi connectivity index (χ0) is 12.8. The Kier molecular flexibility index (Phi) is 2.34. The van der Waals surface area contributed by atoms with E-state index in [9.17, 15) is 13.2 Å². The van der Waals surface area contributed by atoms with E-state index in [1.807, 2.05) is 6.07 Å². The summed E-state index contributed by atoms with van der Waals surface area (Å²) in [6.07, 6.45) is -4.46. The Morgan fingerprint density at radius 2 is 1.78 bits per heavy atom. The number of halogens is 3. The van der Waals surface area contributed by atoms with Crippen molar-refractivity contribution in [1.82, 2.24) is 19.8 Å². The van der Waals surface area contributed by atoms with Crippen molar-refractivity contribution >= 4 is 16.3 Å². The van der Waals surface area contributed by atoms with E-state index < -0.39 is 11.2 Å². The van der Waals surface area contributed by atoms with Crippen LogP contribution in [0.15, 0.2) is 30.3 Å². The van der Waals surface area contributed by atoms with Gasteiger partial charge in [0.15, 0.2) is 5.82 Å². The van der Waals surface area contributed by atoms with Crippen LogP contribution < -0.4 is 0 Å². The predicted molar refractivity (Wildman–Crippen MR) is 59.1 cm³/mol. The minimum absolute atomic E-state index is 0.126. The average molecular weight is 270 g/mol. The van der Waals surface area contributed by atoms with E-state index >= 15 is 0 Å². The number of hydrogen-bond acceptors (Lipinski definition) is 4. The topological polar surface area (TPSA) is 43.1 Å². The fourth-order valence-electron chi connectivity index (χ4n) is 1.50. The number of hydrogen-bond donors (Lipinski definition) is 0. The fraction of sp³-hybridized carbons (Fsp3) is 0.100. The second-order valence-electron chi connectivity index (χ2n) is 3.49. The smallest absolute Gasteiger partial charge is 0.182 e. The molecule has 3 aromatic rings. The van der Waals surface area contributed by atoms with E-state index in [1.54, 1.807) is 24.3 Å². The normalized spacial score (nSPS) is 12.2. The highest BCUT2D eigenvalue weighted by Gasteiger charge is 2.36. The average Bonchev–Trinajstić information content (AvgIpc) is 2.88. The molecule has 0 saturated heterocycles. The highest BCUT2D eigenvalue weighted by Crippen LogP contribution is 2.33. The minimum Gasteiger partial charge on any atom is -0.182 e. The number of benzene rings is 1. The lowest BCUT2D eigenvalue weighted by molar-refractivity contribution is -0.138. The third-order valence-electron chi connectivity index (χ3n) is 2.27. The summed E-state index contributed by atoms with van der Waals surface area (Å²) < 4.78 is 38.7. The van der Waals surface area contributed by atoms with E-state index in [0.29, 0.717) is 22.7 Å². The van der Waals surface area contributed by atoms with Gasteiger partial charge in [-0.2, -0.15) is 17.7 Å². The van der Waals surface area contributed by atoms with Gasteiger partial charge in [0.05, 0.1) is 0 Å². The molecule has 0 radical (unpaired) electrons. The van der Waals surface area contributed by atoms with Gasteiger partial charge in [-0.05, 0) is 0 Å². The van der Waals surface area contributed by atoms with Crippen LogP contribution in [-0.2, 0) is 6.18 Å². The molecule has 0 N–H and O–H groups in total. The Morgan fingerprint density at radius 3 is 2.44 bits per heavy atom. The van der Waals surface area contributed by atoms with Crippen LogP contribution in [0.2, 0.25) is 0 Å². The summed E-state index contributed by atoms with van der Waals surface area (Å²) in [5, 5.41) is 10.1. The van der Waals surface area contributed by atoms with Crippen LogP contribution in [0.25, 0.3) is 16.3 Å². The van der Waals surface area contributed by atoms with Gasteiger partial charge in [-0.15, -0.1) is 15.3 Å². The zero-order valence-corrected chi connectivity index (χ0v) is 9.53. The van der Waals surface area contributed by atoms with Gasteiger partial charge in [0.1, 0.15) is 0 Å². The number of rotatable bonds is 1. The van der Waals surface area contributed by atoms with Crippen LogP contribution in [0.3, 0.4) is 0 Å². The molecule has 0 aliphatic carbocycles. The summed E-state index contributed by atoms with van der Waals surface area (Å²) in [7, 11) is 0. The van der Waals surface area contributed by atoms with Crippen molar-refractivity contribution in [2.24, 2.45) is 0 Å². The predicted octanol–water partition coefficient (Wildman–Crippen LogP) is 2.87. The molecule has 3 rings (SSSR count). The number of aromatic nitrogens is 4. The standard InChI is InChI=1S/C10H5F3N4S/c11-10(12,13)8-16-17-7(14-15-9(17)18-8)6-4-2-1-3-5-6/h1-5H. The van der Waals surface area contributed by atoms with Crippen LogP contribution in [0, 0.1) is 0 Å². The van der Waals surface area contributed by atoms with Crippen molar-refractivity contribution in [1.29, 1.82) is 0 Å². The van der Waals surface area contributed by atoms with Gasteiger partial charge >= 0.3 is 6.18 Å². The second-order valence-corrected chi connectivity index (χ2v) is 4.44. The molecular weight excluding hydrogens is 265 g/mol. The first kappa shape index (κ1) is 11.1. The Balaban J connectivity index is 2.18. The third kappa shape index (κ3) is 1.74. The lowest BCUT2D eigenvalue weighted by Gasteiger charge is -1.99. The molecule has 92 valence electrons. The summed E-state index contributed by atoms with van der Waals surface area (Å²) in [5.74, 6) is 0.303. The third-order valence-corrected chi connectivity index (χ3v) is 3.21.